The molecular weight excluding hydrogens is 472 g/mol. The number of aliphatic carboxylic acids is 2. The lowest BCUT2D eigenvalue weighted by Gasteiger charge is -2.25. The largest absolute Gasteiger partial charge is 0.481 e. The van der Waals surface area contributed by atoms with Crippen molar-refractivity contribution in [3.63, 3.8) is 0 Å². The van der Waals surface area contributed by atoms with Gasteiger partial charge in [0, 0.05) is 6.54 Å². The van der Waals surface area contributed by atoms with Crippen LogP contribution in [-0.2, 0) is 28.8 Å². The highest BCUT2D eigenvalue weighted by molar-refractivity contribution is 5.96. The number of aliphatic imine (C=N–C) groups is 1. The van der Waals surface area contributed by atoms with Crippen molar-refractivity contribution in [2.45, 2.75) is 62.9 Å². The van der Waals surface area contributed by atoms with E-state index in [1.807, 2.05) is 0 Å². The van der Waals surface area contributed by atoms with Gasteiger partial charge in [0.05, 0.1) is 25.0 Å². The number of aliphatic hydroxyl groups is 1. The van der Waals surface area contributed by atoms with Gasteiger partial charge in [0.2, 0.25) is 23.6 Å². The van der Waals surface area contributed by atoms with Gasteiger partial charge < -0.3 is 54.2 Å². The lowest BCUT2D eigenvalue weighted by molar-refractivity contribution is -0.144. The third kappa shape index (κ3) is 12.7. The number of hydrogen-bond acceptors (Lipinski definition) is 9. The number of nitrogens with one attached hydrogen (secondary N) is 3. The van der Waals surface area contributed by atoms with E-state index in [1.54, 1.807) is 0 Å². The normalized spacial score (nSPS) is 14.8. The maximum absolute atomic E-state index is 12.6. The van der Waals surface area contributed by atoms with E-state index in [0.717, 1.165) is 6.92 Å². The summed E-state index contributed by atoms with van der Waals surface area (Å²) < 4.78 is 0. The van der Waals surface area contributed by atoms with Crippen LogP contribution in [0.4, 0.5) is 0 Å². The molecule has 0 spiro atoms. The van der Waals surface area contributed by atoms with Gasteiger partial charge in [-0.3, -0.25) is 29.0 Å². The molecule has 0 aliphatic carbocycles. The Morgan fingerprint density at radius 3 is 1.89 bits per heavy atom. The van der Waals surface area contributed by atoms with Gasteiger partial charge in [-0.25, -0.2) is 4.79 Å². The lowest BCUT2D eigenvalue weighted by atomic mass is 10.1. The average molecular weight is 505 g/mol. The number of primary amides is 1. The highest BCUT2D eigenvalue weighted by Gasteiger charge is 2.33. The summed E-state index contributed by atoms with van der Waals surface area (Å²) in [6.07, 6.45) is -2.98. The number of nitrogens with zero attached hydrogens (tertiary/aromatic N) is 1. The van der Waals surface area contributed by atoms with Crippen LogP contribution < -0.4 is 38.9 Å². The molecule has 0 aliphatic heterocycles. The number of carboxylic acid groups (broad SMARTS) is 2. The minimum atomic E-state index is -1.77. The van der Waals surface area contributed by atoms with Crippen LogP contribution in [0, 0.1) is 0 Å². The zero-order chi connectivity index (χ0) is 27.3. The molecule has 0 heterocycles. The number of carboxylic acids is 2. The Hall–Kier alpha value is -3.99. The Bertz CT molecular complexity index is 829. The van der Waals surface area contributed by atoms with E-state index in [0.29, 0.717) is 0 Å². The third-order valence-corrected chi connectivity index (χ3v) is 4.39. The molecule has 0 radical (unpaired) electrons. The summed E-state index contributed by atoms with van der Waals surface area (Å²) in [5, 5.41) is 34.5. The smallest absolute Gasteiger partial charge is 0.326 e. The molecular formula is C18H32N8O9. The second kappa shape index (κ2) is 15.0. The van der Waals surface area contributed by atoms with Gasteiger partial charge in [0.25, 0.3) is 0 Å². The lowest BCUT2D eigenvalue weighted by Crippen LogP contribution is -2.60. The van der Waals surface area contributed by atoms with E-state index in [1.165, 1.54) is 0 Å². The minimum Gasteiger partial charge on any atom is -0.481 e. The molecule has 0 saturated carbocycles. The van der Waals surface area contributed by atoms with Gasteiger partial charge in [0.1, 0.15) is 18.1 Å². The topological polar surface area (TPSA) is 316 Å². The van der Waals surface area contributed by atoms with E-state index in [2.05, 4.69) is 20.9 Å². The molecule has 0 bridgehead atoms. The van der Waals surface area contributed by atoms with Crippen molar-refractivity contribution < 1.29 is 44.1 Å². The van der Waals surface area contributed by atoms with Gasteiger partial charge in [-0.15, -0.1) is 0 Å². The number of amides is 4. The molecule has 4 amide bonds. The number of nitrogens with two attached hydrogens (primary N) is 4. The Morgan fingerprint density at radius 1 is 0.857 bits per heavy atom. The van der Waals surface area contributed by atoms with Gasteiger partial charge in [-0.05, 0) is 19.8 Å². The second-order valence-corrected chi connectivity index (χ2v) is 7.51. The van der Waals surface area contributed by atoms with Crippen molar-refractivity contribution in [1.29, 1.82) is 0 Å². The van der Waals surface area contributed by atoms with Crippen LogP contribution in [-0.4, -0.2) is 93.7 Å². The van der Waals surface area contributed by atoms with Gasteiger partial charge in [-0.2, -0.15) is 0 Å². The highest BCUT2D eigenvalue weighted by Crippen LogP contribution is 2.03. The Labute approximate surface area is 199 Å². The number of carbonyl (C=O) groups is 6. The van der Waals surface area contributed by atoms with Crippen molar-refractivity contribution in [2.75, 3.05) is 6.54 Å². The minimum absolute atomic E-state index is 0.0743. The summed E-state index contributed by atoms with van der Waals surface area (Å²) in [6.45, 7) is 1.19. The van der Waals surface area contributed by atoms with E-state index in [9.17, 15) is 39.0 Å². The molecule has 0 aromatic heterocycles. The van der Waals surface area contributed by atoms with Crippen LogP contribution in [0.3, 0.4) is 0 Å². The van der Waals surface area contributed by atoms with E-state index in [-0.39, 0.29) is 25.3 Å². The first-order chi connectivity index (χ1) is 16.1. The van der Waals surface area contributed by atoms with Crippen molar-refractivity contribution in [3.05, 3.63) is 0 Å². The van der Waals surface area contributed by atoms with Gasteiger partial charge >= 0.3 is 11.9 Å². The standard InChI is InChI=1S/C18H32N8O9/c1-7(27)13(26-14(31)8(19)5-11(20)28)16(33)25-10(6-12(29)30)15(32)24-9(17(34)35)3-2-4-23-18(21)22/h7-10,13,27H,2-6,19H2,1H3,(H2,20,28)(H,24,32)(H,25,33)(H,26,31)(H,29,30)(H,34,35)(H4,21,22,23). The number of rotatable bonds is 16. The fourth-order valence-electron chi connectivity index (χ4n) is 2.65. The molecule has 5 atom stereocenters. The number of hydrogen-bond donors (Lipinski definition) is 10. The van der Waals surface area contributed by atoms with Crippen molar-refractivity contribution in [2.24, 2.45) is 27.9 Å². The molecule has 198 valence electrons. The summed E-state index contributed by atoms with van der Waals surface area (Å²) in [5.41, 5.74) is 20.8. The third-order valence-electron chi connectivity index (χ3n) is 4.39. The van der Waals surface area contributed by atoms with Crippen LogP contribution in [0.5, 0.6) is 0 Å². The monoisotopic (exact) mass is 504 g/mol. The molecule has 0 fully saturated rings. The van der Waals surface area contributed by atoms with Crippen LogP contribution in [0.15, 0.2) is 4.99 Å². The number of guanidine groups is 1. The first-order valence-corrected chi connectivity index (χ1v) is 10.3. The predicted molar refractivity (Wildman–Crippen MR) is 119 cm³/mol. The number of carbonyl (C=O) groups excluding carboxylic acids is 4. The zero-order valence-electron chi connectivity index (χ0n) is 19.0. The average Bonchev–Trinajstić information content (AvgIpc) is 2.71. The fraction of sp³-hybridized carbons (Fsp3) is 0.611. The Morgan fingerprint density at radius 2 is 1.43 bits per heavy atom. The second-order valence-electron chi connectivity index (χ2n) is 7.51. The summed E-state index contributed by atoms with van der Waals surface area (Å²) in [7, 11) is 0. The predicted octanol–water partition coefficient (Wildman–Crippen LogP) is -5.36. The quantitative estimate of drug-likeness (QED) is 0.0535. The molecule has 35 heavy (non-hydrogen) atoms. The van der Waals surface area contributed by atoms with E-state index >= 15 is 0 Å². The maximum Gasteiger partial charge on any atom is 0.326 e. The first-order valence-electron chi connectivity index (χ1n) is 10.3. The molecule has 5 unspecified atom stereocenters. The Balaban J connectivity index is 5.42. The fourth-order valence-corrected chi connectivity index (χ4v) is 2.65. The maximum atomic E-state index is 12.6. The summed E-state index contributed by atoms with van der Waals surface area (Å²) in [4.78, 5) is 74.5. The van der Waals surface area contributed by atoms with Gasteiger partial charge in [-0.1, -0.05) is 0 Å². The molecule has 17 heteroatoms. The summed E-state index contributed by atoms with van der Waals surface area (Å²) in [6, 6.07) is -6.35. The molecule has 0 rings (SSSR count). The first kappa shape index (κ1) is 31.0. The molecule has 14 N–H and O–H groups in total. The molecule has 0 aromatic rings. The highest BCUT2D eigenvalue weighted by atomic mass is 16.4. The summed E-state index contributed by atoms with van der Waals surface area (Å²) in [5.74, 6) is -7.37. The summed E-state index contributed by atoms with van der Waals surface area (Å²) >= 11 is 0. The van der Waals surface area contributed by atoms with Crippen LogP contribution in [0.1, 0.15) is 32.6 Å². The van der Waals surface area contributed by atoms with Crippen LogP contribution in [0.2, 0.25) is 0 Å². The Kier molecular flexibility index (Phi) is 13.3. The van der Waals surface area contributed by atoms with E-state index in [4.69, 9.17) is 28.0 Å². The van der Waals surface area contributed by atoms with Crippen molar-refractivity contribution >= 4 is 41.5 Å². The number of aliphatic hydroxyl groups excluding tert-OH is 1. The van der Waals surface area contributed by atoms with Crippen LogP contribution >= 0.6 is 0 Å². The SMILES string of the molecule is CC(O)C(NC(=O)C(N)CC(N)=O)C(=O)NC(CC(=O)O)C(=O)NC(CCCN=C(N)N)C(=O)O. The van der Waals surface area contributed by atoms with Crippen molar-refractivity contribution in [1.82, 2.24) is 16.0 Å². The molecule has 0 aliphatic rings. The zero-order valence-corrected chi connectivity index (χ0v) is 19.0. The molecule has 0 aromatic carbocycles. The van der Waals surface area contributed by atoms with Gasteiger partial charge in [0.15, 0.2) is 5.96 Å². The molecule has 17 nitrogen and oxygen atoms in total. The molecule has 0 saturated heterocycles. The van der Waals surface area contributed by atoms with E-state index < -0.39 is 78.7 Å². The van der Waals surface area contributed by atoms with Crippen molar-refractivity contribution in [3.8, 4) is 0 Å². The van der Waals surface area contributed by atoms with Crippen LogP contribution in [0.25, 0.3) is 0 Å².